The molecule has 0 amide bonds. The van der Waals surface area contributed by atoms with Gasteiger partial charge in [-0.15, -0.1) is 0 Å². The van der Waals surface area contributed by atoms with Crippen molar-refractivity contribution in [2.45, 2.75) is 86.3 Å². The number of nitrogens with one attached hydrogen (secondary N) is 2. The third-order valence-corrected chi connectivity index (χ3v) is 6.41. The summed E-state index contributed by atoms with van der Waals surface area (Å²) < 4.78 is 8.34. The zero-order valence-corrected chi connectivity index (χ0v) is 21.1. The van der Waals surface area contributed by atoms with E-state index in [9.17, 15) is 0 Å². The van der Waals surface area contributed by atoms with Crippen LogP contribution in [0.25, 0.3) is 22.3 Å². The van der Waals surface area contributed by atoms with E-state index in [-0.39, 0.29) is 6.23 Å². The van der Waals surface area contributed by atoms with Gasteiger partial charge in [0.25, 0.3) is 0 Å². The maximum Gasteiger partial charge on any atom is 0.150 e. The summed E-state index contributed by atoms with van der Waals surface area (Å²) in [7, 11) is 1.95. The highest BCUT2D eigenvalue weighted by Gasteiger charge is 2.34. The van der Waals surface area contributed by atoms with E-state index in [1.807, 2.05) is 34.7 Å². The summed E-state index contributed by atoms with van der Waals surface area (Å²) in [4.78, 5) is 3.62. The van der Waals surface area contributed by atoms with Gasteiger partial charge in [0.05, 0.1) is 5.69 Å². The first-order valence-electron chi connectivity index (χ1n) is 12.6. The Labute approximate surface area is 193 Å². The number of fused-ring (bicyclic) bond motifs is 2. The average Bonchev–Trinajstić information content (AvgIpc) is 3.42. The highest BCUT2D eigenvalue weighted by atomic mass is 16.5. The topological polar surface area (TPSA) is 54.9 Å². The number of anilines is 1. The number of ether oxygens (including phenoxy) is 1. The number of H-pyrrole nitrogens is 1. The highest BCUT2D eigenvalue weighted by molar-refractivity contribution is 5.88. The fourth-order valence-corrected chi connectivity index (χ4v) is 4.74. The monoisotopic (exact) mass is 438 g/mol. The van der Waals surface area contributed by atoms with Crippen LogP contribution in [0.1, 0.15) is 84.7 Å². The predicted octanol–water partition coefficient (Wildman–Crippen LogP) is 7.34. The van der Waals surface area contributed by atoms with Crippen molar-refractivity contribution in [2.24, 2.45) is 5.41 Å². The number of hydrogen-bond acceptors (Lipinski definition) is 3. The second kappa shape index (κ2) is 10.6. The summed E-state index contributed by atoms with van der Waals surface area (Å²) >= 11 is 0. The molecule has 3 aromatic rings. The van der Waals surface area contributed by atoms with Crippen LogP contribution in [0.5, 0.6) is 0 Å². The number of rotatable bonds is 3. The second-order valence-electron chi connectivity index (χ2n) is 9.12. The Morgan fingerprint density at radius 1 is 1.12 bits per heavy atom. The Kier molecular flexibility index (Phi) is 8.05. The summed E-state index contributed by atoms with van der Waals surface area (Å²) in [5.41, 5.74) is 7.61. The molecular formula is C27H42N4O. The van der Waals surface area contributed by atoms with Gasteiger partial charge in [-0.05, 0) is 62.1 Å². The summed E-state index contributed by atoms with van der Waals surface area (Å²) in [6.45, 7) is 13.6. The summed E-state index contributed by atoms with van der Waals surface area (Å²) in [5, 5.41) is 9.58. The van der Waals surface area contributed by atoms with E-state index < -0.39 is 0 Å². The van der Waals surface area contributed by atoms with Gasteiger partial charge >= 0.3 is 0 Å². The van der Waals surface area contributed by atoms with Crippen molar-refractivity contribution in [2.75, 3.05) is 19.0 Å². The van der Waals surface area contributed by atoms with Gasteiger partial charge in [0, 0.05) is 41.5 Å². The summed E-state index contributed by atoms with van der Waals surface area (Å²) in [5.74, 6) is 0. The van der Waals surface area contributed by atoms with E-state index >= 15 is 0 Å². The molecule has 2 aliphatic rings. The molecule has 0 bridgehead atoms. The van der Waals surface area contributed by atoms with Crippen LogP contribution in [-0.2, 0) is 17.6 Å². The molecule has 1 fully saturated rings. The van der Waals surface area contributed by atoms with Gasteiger partial charge in [0.15, 0.2) is 0 Å². The van der Waals surface area contributed by atoms with Crippen LogP contribution in [0.2, 0.25) is 0 Å². The molecule has 0 spiro atoms. The van der Waals surface area contributed by atoms with Crippen molar-refractivity contribution in [1.29, 1.82) is 0 Å². The summed E-state index contributed by atoms with van der Waals surface area (Å²) in [6, 6.07) is 8.68. The number of benzene rings is 1. The van der Waals surface area contributed by atoms with Crippen molar-refractivity contribution in [3.8, 4) is 11.4 Å². The number of aromatic amines is 1. The van der Waals surface area contributed by atoms with Crippen LogP contribution >= 0.6 is 0 Å². The van der Waals surface area contributed by atoms with Crippen molar-refractivity contribution in [1.82, 2.24) is 14.8 Å². The molecule has 2 N–H and O–H groups in total. The minimum Gasteiger partial charge on any atom is -0.388 e. The number of aromatic nitrogens is 3. The molecule has 176 valence electrons. The Balaban J connectivity index is 0.000000686. The average molecular weight is 439 g/mol. The molecule has 1 aliphatic heterocycles. The minimum absolute atomic E-state index is 0.0884. The lowest BCUT2D eigenvalue weighted by atomic mass is 9.76. The van der Waals surface area contributed by atoms with Crippen LogP contribution in [0.15, 0.2) is 24.3 Å². The molecule has 5 rings (SSSR count). The van der Waals surface area contributed by atoms with E-state index in [4.69, 9.17) is 9.84 Å². The third kappa shape index (κ3) is 4.88. The Morgan fingerprint density at radius 2 is 1.91 bits per heavy atom. The fraction of sp³-hybridized carbons (Fsp3) is 0.593. The highest BCUT2D eigenvalue weighted by Crippen LogP contribution is 2.41. The molecule has 5 nitrogen and oxygen atoms in total. The molecule has 0 saturated carbocycles. The standard InChI is InChI=1S/C23H30N4O.2C2H6/c1-23(2)10-9-17-20(14-23)27(21-6-4-5-11-28-21)26-22(17)19-12-15-7-8-16(24-3)13-18(15)25-19;2*1-2/h7-8,12-13,21,24-25H,4-6,9-11,14H2,1-3H3;2*1-2H3. The van der Waals surface area contributed by atoms with Crippen LogP contribution in [-0.4, -0.2) is 28.4 Å². The second-order valence-corrected chi connectivity index (χ2v) is 9.12. The lowest BCUT2D eigenvalue weighted by Gasteiger charge is -2.32. The molecule has 3 heterocycles. The Bertz CT molecular complexity index is 1010. The van der Waals surface area contributed by atoms with Gasteiger partial charge in [-0.25, -0.2) is 4.68 Å². The van der Waals surface area contributed by atoms with Crippen molar-refractivity contribution in [3.63, 3.8) is 0 Å². The van der Waals surface area contributed by atoms with E-state index in [2.05, 4.69) is 53.1 Å². The molecule has 32 heavy (non-hydrogen) atoms. The molecule has 1 aliphatic carbocycles. The van der Waals surface area contributed by atoms with Crippen molar-refractivity contribution < 1.29 is 4.74 Å². The van der Waals surface area contributed by atoms with Gasteiger partial charge in [-0.3, -0.25) is 0 Å². The molecule has 1 unspecified atom stereocenters. The van der Waals surface area contributed by atoms with E-state index in [0.717, 1.165) is 54.9 Å². The van der Waals surface area contributed by atoms with Crippen molar-refractivity contribution in [3.05, 3.63) is 35.5 Å². The maximum atomic E-state index is 6.12. The van der Waals surface area contributed by atoms with Gasteiger partial charge in [-0.1, -0.05) is 47.6 Å². The molecule has 1 saturated heterocycles. The summed E-state index contributed by atoms with van der Waals surface area (Å²) in [6.07, 6.45) is 6.89. The first-order chi connectivity index (χ1) is 15.5. The largest absolute Gasteiger partial charge is 0.388 e. The maximum absolute atomic E-state index is 6.12. The molecule has 0 radical (unpaired) electrons. The van der Waals surface area contributed by atoms with Crippen LogP contribution < -0.4 is 5.32 Å². The fourth-order valence-electron chi connectivity index (χ4n) is 4.74. The predicted molar refractivity (Wildman–Crippen MR) is 136 cm³/mol. The van der Waals surface area contributed by atoms with Gasteiger partial charge in [0.1, 0.15) is 11.9 Å². The van der Waals surface area contributed by atoms with E-state index in [1.54, 1.807) is 0 Å². The van der Waals surface area contributed by atoms with Crippen LogP contribution in [0.3, 0.4) is 0 Å². The number of nitrogens with zero attached hydrogens (tertiary/aromatic N) is 2. The minimum atomic E-state index is 0.0884. The van der Waals surface area contributed by atoms with Gasteiger partial charge in [0.2, 0.25) is 0 Å². The van der Waals surface area contributed by atoms with Crippen molar-refractivity contribution >= 4 is 16.6 Å². The molecule has 1 atom stereocenters. The van der Waals surface area contributed by atoms with Crippen LogP contribution in [0.4, 0.5) is 5.69 Å². The molecule has 2 aromatic heterocycles. The molecule has 1 aromatic carbocycles. The Hall–Kier alpha value is -2.27. The zero-order chi connectivity index (χ0) is 23.3. The van der Waals surface area contributed by atoms with Crippen LogP contribution in [0, 0.1) is 5.41 Å². The third-order valence-electron chi connectivity index (χ3n) is 6.41. The Morgan fingerprint density at radius 3 is 2.59 bits per heavy atom. The quantitative estimate of drug-likeness (QED) is 0.450. The molecule has 5 heteroatoms. The number of hydrogen-bond donors (Lipinski definition) is 2. The van der Waals surface area contributed by atoms with E-state index in [0.29, 0.717) is 5.41 Å². The normalized spacial score (nSPS) is 19.3. The first-order valence-corrected chi connectivity index (χ1v) is 12.6. The molecular weight excluding hydrogens is 396 g/mol. The first kappa shape index (κ1) is 24.4. The van der Waals surface area contributed by atoms with Gasteiger partial charge < -0.3 is 15.0 Å². The zero-order valence-electron chi connectivity index (χ0n) is 21.1. The van der Waals surface area contributed by atoms with Gasteiger partial charge in [-0.2, -0.15) is 5.10 Å². The van der Waals surface area contributed by atoms with E-state index in [1.165, 1.54) is 29.5 Å². The SMILES string of the molecule is CC.CC.CNc1ccc2cc(-c3nn(C4CCCCO4)c4c3CCC(C)(C)C4)[nH]c2c1. The lowest BCUT2D eigenvalue weighted by molar-refractivity contribution is -0.0418. The lowest BCUT2D eigenvalue weighted by Crippen LogP contribution is -2.27. The smallest absolute Gasteiger partial charge is 0.150 e.